The smallest absolute Gasteiger partial charge is 0.411 e. The van der Waals surface area contributed by atoms with Crippen LogP contribution in [0.15, 0.2) is 70.7 Å². The number of nitrogens with one attached hydrogen (secondary N) is 2. The Morgan fingerprint density at radius 3 is 1.64 bits per heavy atom. The maximum Gasteiger partial charge on any atom is 0.411 e. The molecule has 2 saturated heterocycles. The van der Waals surface area contributed by atoms with Crippen molar-refractivity contribution in [1.29, 1.82) is 0 Å². The second-order valence-corrected chi connectivity index (χ2v) is 12.1. The van der Waals surface area contributed by atoms with E-state index in [1.54, 1.807) is 34.0 Å². The minimum atomic E-state index is -0.521. The van der Waals surface area contributed by atoms with Crippen molar-refractivity contribution in [3.63, 3.8) is 0 Å². The Kier molecular flexibility index (Phi) is 9.24. The van der Waals surface area contributed by atoms with Gasteiger partial charge in [0.15, 0.2) is 0 Å². The highest BCUT2D eigenvalue weighted by Crippen LogP contribution is 2.44. The summed E-state index contributed by atoms with van der Waals surface area (Å²) in [7, 11) is 3.08. The van der Waals surface area contributed by atoms with Gasteiger partial charge in [-0.15, -0.1) is 0 Å². The lowest BCUT2D eigenvalue weighted by Crippen LogP contribution is -2.21. The highest BCUT2D eigenvalue weighted by atomic mass is 33.1. The number of pyridine rings is 2. The van der Waals surface area contributed by atoms with Crippen molar-refractivity contribution in [3.05, 3.63) is 60.9 Å². The number of rotatable bonds is 9. The molecule has 4 aromatic rings. The largest absolute Gasteiger partial charge is 0.447 e. The molecule has 2 aliphatic rings. The van der Waals surface area contributed by atoms with E-state index in [-0.39, 0.29) is 25.4 Å². The van der Waals surface area contributed by atoms with E-state index in [1.807, 2.05) is 48.5 Å². The van der Waals surface area contributed by atoms with Gasteiger partial charge >= 0.3 is 12.2 Å². The van der Waals surface area contributed by atoms with Crippen LogP contribution < -0.4 is 10.6 Å². The van der Waals surface area contributed by atoms with E-state index < -0.39 is 12.2 Å². The van der Waals surface area contributed by atoms with Crippen LogP contribution in [0.25, 0.3) is 21.8 Å². The van der Waals surface area contributed by atoms with E-state index in [9.17, 15) is 9.59 Å². The number of ether oxygens (including phenoxy) is 4. The Balaban J connectivity index is 1.14. The van der Waals surface area contributed by atoms with E-state index in [1.165, 1.54) is 0 Å². The SMILES string of the molecule is O=C(Nc1ccc(SSc2ccc(NC(=O)OCC3CCCO3)c3cccnc23)c2ncccc12)OCC1CCCO1. The van der Waals surface area contributed by atoms with Gasteiger partial charge in [-0.25, -0.2) is 9.59 Å². The van der Waals surface area contributed by atoms with Crippen LogP contribution in [0.5, 0.6) is 0 Å². The van der Waals surface area contributed by atoms with Crippen LogP contribution in [0.4, 0.5) is 21.0 Å². The molecular formula is C30H30N4O6S2. The second-order valence-electron chi connectivity index (χ2n) is 9.91. The Labute approximate surface area is 250 Å². The molecule has 2 atom stereocenters. The van der Waals surface area contributed by atoms with Gasteiger partial charge in [0.2, 0.25) is 0 Å². The molecule has 2 aromatic carbocycles. The fourth-order valence-electron chi connectivity index (χ4n) is 4.92. The summed E-state index contributed by atoms with van der Waals surface area (Å²) in [5, 5.41) is 7.31. The topological polar surface area (TPSA) is 121 Å². The molecule has 4 heterocycles. The maximum absolute atomic E-state index is 12.5. The second kappa shape index (κ2) is 13.6. The first-order valence-electron chi connectivity index (χ1n) is 13.8. The molecule has 0 bridgehead atoms. The van der Waals surface area contributed by atoms with Crippen molar-refractivity contribution in [2.24, 2.45) is 0 Å². The zero-order chi connectivity index (χ0) is 28.7. The lowest BCUT2D eigenvalue weighted by Gasteiger charge is -2.14. The van der Waals surface area contributed by atoms with Gasteiger partial charge < -0.3 is 18.9 Å². The van der Waals surface area contributed by atoms with Crippen molar-refractivity contribution in [3.8, 4) is 0 Å². The van der Waals surface area contributed by atoms with Crippen LogP contribution in [-0.2, 0) is 18.9 Å². The molecule has 0 aliphatic carbocycles. The Morgan fingerprint density at radius 1 is 0.738 bits per heavy atom. The minimum Gasteiger partial charge on any atom is -0.447 e. The van der Waals surface area contributed by atoms with Gasteiger partial charge in [-0.3, -0.25) is 20.6 Å². The summed E-state index contributed by atoms with van der Waals surface area (Å²) in [5.41, 5.74) is 2.77. The van der Waals surface area contributed by atoms with Gasteiger partial charge in [0.05, 0.1) is 34.6 Å². The molecule has 2 amide bonds. The quantitative estimate of drug-likeness (QED) is 0.192. The standard InChI is InChI=1S/C30H30N4O6S2/c35-29(39-17-19-5-3-15-37-19)33-23-9-11-25(27-21(23)7-1-13-31-27)41-42-26-12-10-24(22-8-2-14-32-28(22)26)34-30(36)40-18-20-6-4-16-38-20/h1-2,7-14,19-20H,3-6,15-18H2,(H,33,35)(H,34,36). The minimum absolute atomic E-state index is 0.0362. The maximum atomic E-state index is 12.5. The lowest BCUT2D eigenvalue weighted by molar-refractivity contribution is 0.0484. The van der Waals surface area contributed by atoms with Gasteiger partial charge in [-0.1, -0.05) is 21.6 Å². The van der Waals surface area contributed by atoms with Crippen LogP contribution in [-0.4, -0.2) is 60.8 Å². The molecule has 2 N–H and O–H groups in total. The monoisotopic (exact) mass is 606 g/mol. The average molecular weight is 607 g/mol. The van der Waals surface area contributed by atoms with E-state index in [2.05, 4.69) is 20.6 Å². The molecule has 2 fully saturated rings. The third-order valence-corrected chi connectivity index (χ3v) is 9.44. The first-order chi connectivity index (χ1) is 20.6. The van der Waals surface area contributed by atoms with Gasteiger partial charge in [0, 0.05) is 46.2 Å². The van der Waals surface area contributed by atoms with Gasteiger partial charge in [0.1, 0.15) is 13.2 Å². The van der Waals surface area contributed by atoms with Gasteiger partial charge in [0.25, 0.3) is 0 Å². The normalized spacial score (nSPS) is 18.3. The summed E-state index contributed by atoms with van der Waals surface area (Å²) >= 11 is 0. The zero-order valence-electron chi connectivity index (χ0n) is 22.7. The lowest BCUT2D eigenvalue weighted by atomic mass is 10.2. The average Bonchev–Trinajstić information content (AvgIpc) is 3.74. The van der Waals surface area contributed by atoms with Crippen molar-refractivity contribution in [2.45, 2.75) is 47.7 Å². The molecule has 0 radical (unpaired) electrons. The number of benzene rings is 2. The molecule has 2 aliphatic heterocycles. The van der Waals surface area contributed by atoms with Crippen LogP contribution in [0.3, 0.4) is 0 Å². The fraction of sp³-hybridized carbons (Fsp3) is 0.333. The predicted molar refractivity (Wildman–Crippen MR) is 163 cm³/mol. The van der Waals surface area contributed by atoms with Crippen LogP contribution in [0, 0.1) is 0 Å². The molecule has 42 heavy (non-hydrogen) atoms. The van der Waals surface area contributed by atoms with Crippen molar-refractivity contribution < 1.29 is 28.5 Å². The number of carbonyl (C=O) groups excluding carboxylic acids is 2. The molecular weight excluding hydrogens is 576 g/mol. The molecule has 6 rings (SSSR count). The summed E-state index contributed by atoms with van der Waals surface area (Å²) in [6, 6.07) is 15.1. The van der Waals surface area contributed by atoms with Crippen LogP contribution in [0.1, 0.15) is 25.7 Å². The predicted octanol–water partition coefficient (Wildman–Crippen LogP) is 7.04. The molecule has 10 nitrogen and oxygen atoms in total. The number of hydrogen-bond donors (Lipinski definition) is 2. The summed E-state index contributed by atoms with van der Waals surface area (Å²) in [6.07, 6.45) is 6.12. The summed E-state index contributed by atoms with van der Waals surface area (Å²) in [4.78, 5) is 36.0. The first kappa shape index (κ1) is 28.5. The van der Waals surface area contributed by atoms with Gasteiger partial charge in [-0.2, -0.15) is 0 Å². The molecule has 0 spiro atoms. The van der Waals surface area contributed by atoms with Crippen molar-refractivity contribution in [1.82, 2.24) is 9.97 Å². The molecule has 2 unspecified atom stereocenters. The van der Waals surface area contributed by atoms with Gasteiger partial charge in [-0.05, 0) is 74.2 Å². The van der Waals surface area contributed by atoms with E-state index in [0.717, 1.165) is 57.3 Å². The zero-order valence-corrected chi connectivity index (χ0v) is 24.4. The van der Waals surface area contributed by atoms with E-state index in [4.69, 9.17) is 18.9 Å². The number of nitrogens with zero attached hydrogens (tertiary/aromatic N) is 2. The molecule has 218 valence electrons. The molecule has 12 heteroatoms. The molecule has 0 saturated carbocycles. The number of aromatic nitrogens is 2. The summed E-state index contributed by atoms with van der Waals surface area (Å²) in [6.45, 7) is 1.89. The number of anilines is 2. The van der Waals surface area contributed by atoms with Crippen LogP contribution in [0.2, 0.25) is 0 Å². The number of fused-ring (bicyclic) bond motifs is 2. The Hall–Kier alpha value is -3.58. The highest BCUT2D eigenvalue weighted by molar-refractivity contribution is 8.76. The summed E-state index contributed by atoms with van der Waals surface area (Å²) < 4.78 is 21.8. The number of amides is 2. The van der Waals surface area contributed by atoms with Crippen molar-refractivity contribution >= 4 is 67.0 Å². The first-order valence-corrected chi connectivity index (χ1v) is 16.0. The Bertz CT molecular complexity index is 1460. The van der Waals surface area contributed by atoms with E-state index in [0.29, 0.717) is 24.6 Å². The summed E-state index contributed by atoms with van der Waals surface area (Å²) in [5.74, 6) is 0. The van der Waals surface area contributed by atoms with Crippen molar-refractivity contribution in [2.75, 3.05) is 37.1 Å². The van der Waals surface area contributed by atoms with E-state index >= 15 is 0 Å². The third-order valence-electron chi connectivity index (χ3n) is 7.01. The molecule has 2 aromatic heterocycles. The highest BCUT2D eigenvalue weighted by Gasteiger charge is 2.20. The third kappa shape index (κ3) is 6.89. The fourth-order valence-corrected chi connectivity index (χ4v) is 7.17. The Morgan fingerprint density at radius 2 is 1.21 bits per heavy atom. The van der Waals surface area contributed by atoms with Crippen LogP contribution >= 0.6 is 21.6 Å². The number of hydrogen-bond acceptors (Lipinski definition) is 10. The number of carbonyl (C=O) groups is 2.